The summed E-state index contributed by atoms with van der Waals surface area (Å²) in [6.45, 7) is 3.70. The first kappa shape index (κ1) is 10.1. The van der Waals surface area contributed by atoms with Gasteiger partial charge in [0.15, 0.2) is 0 Å². The number of aromatic nitrogens is 2. The number of carbonyl (C=O) groups is 1. The molecule has 13 heavy (non-hydrogen) atoms. The first-order valence-electron chi connectivity index (χ1n) is 3.93. The molecular formula is C8H12ClN3O. The Balaban J connectivity index is 2.72. The van der Waals surface area contributed by atoms with Crippen LogP contribution in [0.1, 0.15) is 13.8 Å². The van der Waals surface area contributed by atoms with E-state index in [4.69, 9.17) is 11.6 Å². The molecule has 0 atom stereocenters. The highest BCUT2D eigenvalue weighted by molar-refractivity contribution is 6.27. The zero-order valence-corrected chi connectivity index (χ0v) is 8.38. The molecule has 0 unspecified atom stereocenters. The molecule has 1 heterocycles. The average Bonchev–Trinajstić information content (AvgIpc) is 2.55. The molecule has 0 aromatic carbocycles. The van der Waals surface area contributed by atoms with Crippen LogP contribution >= 0.6 is 11.6 Å². The van der Waals surface area contributed by atoms with E-state index in [1.54, 1.807) is 23.1 Å². The Morgan fingerprint density at radius 2 is 2.38 bits per heavy atom. The van der Waals surface area contributed by atoms with Gasteiger partial charge < -0.3 is 5.32 Å². The molecule has 1 rings (SSSR count). The largest absolute Gasteiger partial charge is 0.331 e. The molecule has 0 saturated heterocycles. The Morgan fingerprint density at radius 1 is 1.69 bits per heavy atom. The van der Waals surface area contributed by atoms with Gasteiger partial charge in [-0.15, -0.1) is 11.6 Å². The highest BCUT2D eigenvalue weighted by atomic mass is 35.5. The zero-order chi connectivity index (χ0) is 9.90. The van der Waals surface area contributed by atoms with E-state index in [1.165, 1.54) is 0 Å². The minimum atomic E-state index is -0.532. The van der Waals surface area contributed by atoms with Crippen molar-refractivity contribution in [1.29, 1.82) is 0 Å². The van der Waals surface area contributed by atoms with E-state index >= 15 is 0 Å². The third-order valence-electron chi connectivity index (χ3n) is 1.64. The van der Waals surface area contributed by atoms with Gasteiger partial charge in [-0.2, -0.15) is 5.10 Å². The molecule has 0 bridgehead atoms. The molecular weight excluding hydrogens is 190 g/mol. The van der Waals surface area contributed by atoms with Crippen molar-refractivity contribution in [3.8, 4) is 0 Å². The molecule has 0 spiro atoms. The van der Waals surface area contributed by atoms with Crippen LogP contribution in [0.25, 0.3) is 0 Å². The number of nitrogens with zero attached hydrogens (tertiary/aromatic N) is 2. The van der Waals surface area contributed by atoms with Gasteiger partial charge in [0.05, 0.1) is 0 Å². The van der Waals surface area contributed by atoms with Crippen molar-refractivity contribution in [3.05, 3.63) is 18.5 Å². The molecule has 1 aromatic rings. The standard InChI is InChI=1S/C8H12ClN3O/c1-8(2,11-7(13)6-9)12-5-3-4-10-12/h3-5H,6H2,1-2H3,(H,11,13). The molecule has 1 N–H and O–H groups in total. The summed E-state index contributed by atoms with van der Waals surface area (Å²) in [5.41, 5.74) is -0.532. The maximum absolute atomic E-state index is 11.0. The summed E-state index contributed by atoms with van der Waals surface area (Å²) in [5, 5.41) is 6.77. The van der Waals surface area contributed by atoms with Crippen LogP contribution in [0.2, 0.25) is 0 Å². The van der Waals surface area contributed by atoms with Crippen molar-refractivity contribution in [2.45, 2.75) is 19.5 Å². The Labute approximate surface area is 81.9 Å². The van der Waals surface area contributed by atoms with E-state index in [2.05, 4.69) is 10.4 Å². The third-order valence-corrected chi connectivity index (χ3v) is 1.89. The van der Waals surface area contributed by atoms with Gasteiger partial charge in [-0.3, -0.25) is 4.79 Å². The second-order valence-electron chi connectivity index (χ2n) is 3.19. The summed E-state index contributed by atoms with van der Waals surface area (Å²) in [6, 6.07) is 1.80. The van der Waals surface area contributed by atoms with Crippen LogP contribution in [0.3, 0.4) is 0 Å². The van der Waals surface area contributed by atoms with Crippen LogP contribution in [0.4, 0.5) is 0 Å². The number of halogens is 1. The number of hydrogen-bond donors (Lipinski definition) is 1. The number of hydrogen-bond acceptors (Lipinski definition) is 2. The van der Waals surface area contributed by atoms with Crippen molar-refractivity contribution in [2.75, 3.05) is 5.88 Å². The highest BCUT2D eigenvalue weighted by Gasteiger charge is 2.21. The molecule has 0 aliphatic rings. The molecule has 4 nitrogen and oxygen atoms in total. The first-order valence-corrected chi connectivity index (χ1v) is 4.47. The Hall–Kier alpha value is -1.03. The van der Waals surface area contributed by atoms with E-state index in [1.807, 2.05) is 13.8 Å². The Kier molecular flexibility index (Phi) is 2.93. The molecule has 1 aromatic heterocycles. The van der Waals surface area contributed by atoms with E-state index in [0.717, 1.165) is 0 Å². The zero-order valence-electron chi connectivity index (χ0n) is 7.62. The summed E-state index contributed by atoms with van der Waals surface area (Å²) >= 11 is 5.38. The monoisotopic (exact) mass is 201 g/mol. The van der Waals surface area contributed by atoms with Crippen LogP contribution < -0.4 is 5.32 Å². The van der Waals surface area contributed by atoms with Gasteiger partial charge in [0.25, 0.3) is 0 Å². The minimum Gasteiger partial charge on any atom is -0.331 e. The highest BCUT2D eigenvalue weighted by Crippen LogP contribution is 2.08. The van der Waals surface area contributed by atoms with Crippen LogP contribution in [0.15, 0.2) is 18.5 Å². The van der Waals surface area contributed by atoms with Gasteiger partial charge in [0, 0.05) is 12.4 Å². The Morgan fingerprint density at radius 3 is 2.85 bits per heavy atom. The van der Waals surface area contributed by atoms with E-state index in [9.17, 15) is 4.79 Å². The average molecular weight is 202 g/mol. The van der Waals surface area contributed by atoms with Crippen molar-refractivity contribution in [2.24, 2.45) is 0 Å². The van der Waals surface area contributed by atoms with Crippen LogP contribution in [-0.4, -0.2) is 21.6 Å². The van der Waals surface area contributed by atoms with Crippen LogP contribution in [-0.2, 0) is 10.5 Å². The maximum Gasteiger partial charge on any atom is 0.236 e. The molecule has 72 valence electrons. The third kappa shape index (κ3) is 2.45. The second-order valence-corrected chi connectivity index (χ2v) is 3.46. The molecule has 0 aliphatic carbocycles. The van der Waals surface area contributed by atoms with E-state index in [-0.39, 0.29) is 11.8 Å². The topological polar surface area (TPSA) is 46.9 Å². The van der Waals surface area contributed by atoms with Gasteiger partial charge in [-0.1, -0.05) is 0 Å². The fourth-order valence-corrected chi connectivity index (χ4v) is 1.10. The molecule has 0 fully saturated rings. The fraction of sp³-hybridized carbons (Fsp3) is 0.500. The number of rotatable bonds is 3. The quantitative estimate of drug-likeness (QED) is 0.740. The lowest BCUT2D eigenvalue weighted by atomic mass is 10.2. The summed E-state index contributed by atoms with van der Waals surface area (Å²) < 4.78 is 1.66. The number of carbonyl (C=O) groups excluding carboxylic acids is 1. The fourth-order valence-electron chi connectivity index (χ4n) is 1.03. The minimum absolute atomic E-state index is 0.0370. The predicted molar refractivity (Wildman–Crippen MR) is 50.4 cm³/mol. The lowest BCUT2D eigenvalue weighted by Crippen LogP contribution is -2.46. The molecule has 0 radical (unpaired) electrons. The van der Waals surface area contributed by atoms with Crippen molar-refractivity contribution in [3.63, 3.8) is 0 Å². The molecule has 1 amide bonds. The summed E-state index contributed by atoms with van der Waals surface area (Å²) in [4.78, 5) is 11.0. The molecule has 5 heteroatoms. The normalized spacial score (nSPS) is 11.3. The smallest absolute Gasteiger partial charge is 0.236 e. The maximum atomic E-state index is 11.0. The van der Waals surface area contributed by atoms with E-state index < -0.39 is 5.66 Å². The SMILES string of the molecule is CC(C)(NC(=O)CCl)n1cccn1. The summed E-state index contributed by atoms with van der Waals surface area (Å²) in [5.74, 6) is -0.243. The van der Waals surface area contributed by atoms with Crippen LogP contribution in [0, 0.1) is 0 Å². The predicted octanol–water partition coefficient (Wildman–Crippen LogP) is 0.931. The van der Waals surface area contributed by atoms with Gasteiger partial charge >= 0.3 is 0 Å². The lowest BCUT2D eigenvalue weighted by Gasteiger charge is -2.26. The van der Waals surface area contributed by atoms with Gasteiger partial charge in [0.2, 0.25) is 5.91 Å². The van der Waals surface area contributed by atoms with Crippen molar-refractivity contribution < 1.29 is 4.79 Å². The van der Waals surface area contributed by atoms with Crippen molar-refractivity contribution >= 4 is 17.5 Å². The number of alkyl halides is 1. The van der Waals surface area contributed by atoms with Gasteiger partial charge in [-0.05, 0) is 19.9 Å². The van der Waals surface area contributed by atoms with Crippen LogP contribution in [0.5, 0.6) is 0 Å². The molecule has 0 saturated carbocycles. The number of amides is 1. The Bertz CT molecular complexity index is 282. The summed E-state index contributed by atoms with van der Waals surface area (Å²) in [7, 11) is 0. The summed E-state index contributed by atoms with van der Waals surface area (Å²) in [6.07, 6.45) is 3.45. The lowest BCUT2D eigenvalue weighted by molar-refractivity contribution is -0.121. The second kappa shape index (κ2) is 3.79. The van der Waals surface area contributed by atoms with Gasteiger partial charge in [0.1, 0.15) is 11.5 Å². The van der Waals surface area contributed by atoms with E-state index in [0.29, 0.717) is 0 Å². The number of nitrogens with one attached hydrogen (secondary N) is 1. The molecule has 0 aliphatic heterocycles. The van der Waals surface area contributed by atoms with Crippen molar-refractivity contribution in [1.82, 2.24) is 15.1 Å². The van der Waals surface area contributed by atoms with Gasteiger partial charge in [-0.25, -0.2) is 4.68 Å². The first-order chi connectivity index (χ1) is 6.06.